The van der Waals surface area contributed by atoms with Crippen molar-refractivity contribution in [3.8, 4) is 22.5 Å². The number of amides is 1. The zero-order chi connectivity index (χ0) is 27.5. The molecule has 0 aliphatic heterocycles. The lowest BCUT2D eigenvalue weighted by molar-refractivity contribution is -0.141. The van der Waals surface area contributed by atoms with Gasteiger partial charge in [-0.15, -0.1) is 5.10 Å². The summed E-state index contributed by atoms with van der Waals surface area (Å²) in [7, 11) is 0. The molecule has 1 aromatic heterocycles. The highest BCUT2D eigenvalue weighted by Crippen LogP contribution is 2.51. The quantitative estimate of drug-likeness (QED) is 0.154. The number of H-pyrrole nitrogens is 1. The standard InChI is InChI=1S/C29H26ClF3N4OS/c30-20-14-12-19(13-15-20)25-35-27(37-36-25)39-17-7-1-6-16-28(26(38)34-18-29(31,32)33)23-10-4-2-8-21(23)22-9-3-5-11-24(22)28/h2-5,8-15H,1,6-7,16-18H2,(H,34,38)(H,35,36,37). The first kappa shape index (κ1) is 27.3. The molecule has 4 aromatic rings. The van der Waals surface area contributed by atoms with Crippen LogP contribution in [0.2, 0.25) is 5.02 Å². The lowest BCUT2D eigenvalue weighted by Gasteiger charge is -2.31. The van der Waals surface area contributed by atoms with E-state index in [4.69, 9.17) is 11.6 Å². The van der Waals surface area contributed by atoms with Crippen LogP contribution < -0.4 is 5.32 Å². The van der Waals surface area contributed by atoms with Gasteiger partial charge in [0.2, 0.25) is 11.1 Å². The molecule has 0 atom stereocenters. The summed E-state index contributed by atoms with van der Waals surface area (Å²) in [4.78, 5) is 18.1. The van der Waals surface area contributed by atoms with Crippen molar-refractivity contribution in [3.05, 3.63) is 88.9 Å². The second kappa shape index (κ2) is 11.4. The minimum atomic E-state index is -4.49. The first-order valence-corrected chi connectivity index (χ1v) is 14.0. The normalized spacial score (nSPS) is 13.6. The van der Waals surface area contributed by atoms with E-state index in [1.54, 1.807) is 12.1 Å². The smallest absolute Gasteiger partial charge is 0.346 e. The number of carbonyl (C=O) groups excluding carboxylic acids is 1. The average Bonchev–Trinajstić information content (AvgIpc) is 3.51. The molecular formula is C29H26ClF3N4OS. The number of nitrogens with one attached hydrogen (secondary N) is 2. The van der Waals surface area contributed by atoms with Crippen molar-refractivity contribution in [2.75, 3.05) is 12.3 Å². The van der Waals surface area contributed by atoms with Gasteiger partial charge in [-0.25, -0.2) is 4.98 Å². The van der Waals surface area contributed by atoms with Crippen molar-refractivity contribution in [2.24, 2.45) is 0 Å². The van der Waals surface area contributed by atoms with Gasteiger partial charge in [0.15, 0.2) is 5.82 Å². The molecule has 0 fully saturated rings. The number of thioether (sulfide) groups is 1. The van der Waals surface area contributed by atoms with Gasteiger partial charge < -0.3 is 5.32 Å². The third-order valence-corrected chi connectivity index (χ3v) is 8.10. The summed E-state index contributed by atoms with van der Waals surface area (Å²) in [6, 6.07) is 22.4. The molecule has 202 valence electrons. The highest BCUT2D eigenvalue weighted by atomic mass is 35.5. The number of halogens is 4. The van der Waals surface area contributed by atoms with Crippen molar-refractivity contribution in [2.45, 2.75) is 42.4 Å². The van der Waals surface area contributed by atoms with E-state index in [1.165, 1.54) is 11.8 Å². The number of rotatable bonds is 10. The lowest BCUT2D eigenvalue weighted by atomic mass is 9.73. The van der Waals surface area contributed by atoms with Crippen LogP contribution in [0.25, 0.3) is 22.5 Å². The van der Waals surface area contributed by atoms with Crippen molar-refractivity contribution in [1.29, 1.82) is 0 Å². The van der Waals surface area contributed by atoms with Crippen molar-refractivity contribution in [3.63, 3.8) is 0 Å². The van der Waals surface area contributed by atoms with Crippen molar-refractivity contribution >= 4 is 29.3 Å². The summed E-state index contributed by atoms with van der Waals surface area (Å²) in [5.41, 5.74) is 3.04. The van der Waals surface area contributed by atoms with E-state index in [1.807, 2.05) is 60.7 Å². The van der Waals surface area contributed by atoms with Crippen LogP contribution in [0.5, 0.6) is 0 Å². The SMILES string of the molecule is O=C(NCC(F)(F)F)C1(CCCCCSc2n[nH]c(-c3ccc(Cl)cc3)n2)c2ccccc2-c2ccccc21. The van der Waals surface area contributed by atoms with E-state index in [9.17, 15) is 18.0 Å². The van der Waals surface area contributed by atoms with Gasteiger partial charge in [-0.2, -0.15) is 13.2 Å². The molecule has 1 aliphatic rings. The van der Waals surface area contributed by atoms with Crippen LogP contribution in [0.4, 0.5) is 13.2 Å². The molecular weight excluding hydrogens is 545 g/mol. The minimum absolute atomic E-state index is 0.413. The van der Waals surface area contributed by atoms with Crippen LogP contribution in [0.3, 0.4) is 0 Å². The third kappa shape index (κ3) is 5.84. The largest absolute Gasteiger partial charge is 0.405 e. The molecule has 0 unspecified atom stereocenters. The Bertz CT molecular complexity index is 1410. The van der Waals surface area contributed by atoms with Crippen LogP contribution in [-0.4, -0.2) is 39.6 Å². The van der Waals surface area contributed by atoms with E-state index in [0.29, 0.717) is 28.8 Å². The average molecular weight is 571 g/mol. The number of unbranched alkanes of at least 4 members (excludes halogenated alkanes) is 2. The first-order chi connectivity index (χ1) is 18.8. The number of nitrogens with zero attached hydrogens (tertiary/aromatic N) is 2. The second-order valence-corrected chi connectivity index (χ2v) is 10.9. The van der Waals surface area contributed by atoms with Crippen molar-refractivity contribution < 1.29 is 18.0 Å². The molecule has 1 amide bonds. The van der Waals surface area contributed by atoms with Gasteiger partial charge in [0.05, 0.1) is 0 Å². The Labute approximate surface area is 233 Å². The zero-order valence-electron chi connectivity index (χ0n) is 20.9. The summed E-state index contributed by atoms with van der Waals surface area (Å²) < 4.78 is 39.1. The number of hydrogen-bond donors (Lipinski definition) is 2. The predicted octanol–water partition coefficient (Wildman–Crippen LogP) is 7.42. The van der Waals surface area contributed by atoms with Gasteiger partial charge in [-0.1, -0.05) is 84.7 Å². The molecule has 1 aliphatic carbocycles. The zero-order valence-corrected chi connectivity index (χ0v) is 22.5. The summed E-state index contributed by atoms with van der Waals surface area (Å²) >= 11 is 7.48. The maximum absolute atomic E-state index is 13.5. The number of carbonyl (C=O) groups is 1. The minimum Gasteiger partial charge on any atom is -0.346 e. The Morgan fingerprint density at radius 3 is 2.21 bits per heavy atom. The number of alkyl halides is 3. The summed E-state index contributed by atoms with van der Waals surface area (Å²) in [6.07, 6.45) is -1.75. The number of aromatic nitrogens is 3. The van der Waals surface area contributed by atoms with Gasteiger partial charge in [-0.3, -0.25) is 9.89 Å². The van der Waals surface area contributed by atoms with Crippen LogP contribution in [-0.2, 0) is 10.2 Å². The molecule has 1 heterocycles. The molecule has 2 N–H and O–H groups in total. The van der Waals surface area contributed by atoms with Gasteiger partial charge >= 0.3 is 6.18 Å². The third-order valence-electron chi connectivity index (χ3n) is 6.91. The molecule has 0 bridgehead atoms. The number of aromatic amines is 1. The fourth-order valence-electron chi connectivity index (χ4n) is 5.16. The topological polar surface area (TPSA) is 70.7 Å². The Hall–Kier alpha value is -3.30. The first-order valence-electron chi connectivity index (χ1n) is 12.6. The second-order valence-electron chi connectivity index (χ2n) is 9.43. The van der Waals surface area contributed by atoms with E-state index >= 15 is 0 Å². The van der Waals surface area contributed by atoms with Crippen LogP contribution in [0.1, 0.15) is 36.8 Å². The van der Waals surface area contributed by atoms with E-state index in [-0.39, 0.29) is 0 Å². The number of benzene rings is 3. The van der Waals surface area contributed by atoms with Gasteiger partial charge in [0.25, 0.3) is 0 Å². The number of fused-ring (bicyclic) bond motifs is 3. The van der Waals surface area contributed by atoms with Crippen molar-refractivity contribution in [1.82, 2.24) is 20.5 Å². The molecule has 10 heteroatoms. The summed E-state index contributed by atoms with van der Waals surface area (Å²) in [6.45, 7) is -1.36. The molecule has 0 saturated heterocycles. The molecule has 3 aromatic carbocycles. The highest BCUT2D eigenvalue weighted by Gasteiger charge is 2.49. The Morgan fingerprint density at radius 2 is 1.56 bits per heavy atom. The fraction of sp³-hybridized carbons (Fsp3) is 0.276. The maximum atomic E-state index is 13.5. The van der Waals surface area contributed by atoms with Gasteiger partial charge in [-0.05, 0) is 59.4 Å². The lowest BCUT2D eigenvalue weighted by Crippen LogP contribution is -2.47. The molecule has 0 radical (unpaired) electrons. The van der Waals surface area contributed by atoms with Gasteiger partial charge in [0, 0.05) is 16.3 Å². The molecule has 5 rings (SSSR count). The Morgan fingerprint density at radius 1 is 0.923 bits per heavy atom. The van der Waals surface area contributed by atoms with E-state index < -0.39 is 24.0 Å². The summed E-state index contributed by atoms with van der Waals surface area (Å²) in [5, 5.41) is 10.7. The molecule has 0 spiro atoms. The summed E-state index contributed by atoms with van der Waals surface area (Å²) in [5.74, 6) is 0.833. The maximum Gasteiger partial charge on any atom is 0.405 e. The molecule has 39 heavy (non-hydrogen) atoms. The Balaban J connectivity index is 1.25. The van der Waals surface area contributed by atoms with E-state index in [2.05, 4.69) is 20.5 Å². The van der Waals surface area contributed by atoms with Gasteiger partial charge in [0.1, 0.15) is 12.0 Å². The fourth-order valence-corrected chi connectivity index (χ4v) is 6.09. The van der Waals surface area contributed by atoms with E-state index in [0.717, 1.165) is 46.4 Å². The molecule has 5 nitrogen and oxygen atoms in total. The van der Waals surface area contributed by atoms with Crippen LogP contribution in [0, 0.1) is 0 Å². The number of hydrogen-bond acceptors (Lipinski definition) is 4. The highest BCUT2D eigenvalue weighted by molar-refractivity contribution is 7.99. The Kier molecular flexibility index (Phi) is 8.00. The van der Waals surface area contributed by atoms with Crippen LogP contribution >= 0.6 is 23.4 Å². The van der Waals surface area contributed by atoms with Crippen LogP contribution in [0.15, 0.2) is 78.0 Å². The monoisotopic (exact) mass is 570 g/mol. The molecule has 0 saturated carbocycles. The predicted molar refractivity (Wildman–Crippen MR) is 148 cm³/mol.